The number of carbonyl (C=O) groups is 2. The number of rotatable bonds is 4. The molecule has 4 rings (SSSR count). The van der Waals surface area contributed by atoms with Crippen molar-refractivity contribution in [3.05, 3.63) is 100 Å². The molecule has 0 unspecified atom stereocenters. The van der Waals surface area contributed by atoms with Gasteiger partial charge in [0.1, 0.15) is 0 Å². The molecule has 1 aliphatic heterocycles. The Labute approximate surface area is 174 Å². The lowest BCUT2D eigenvalue weighted by molar-refractivity contribution is -0.112. The summed E-state index contributed by atoms with van der Waals surface area (Å²) in [6.07, 6.45) is 1.84. The van der Waals surface area contributed by atoms with Crippen molar-refractivity contribution < 1.29 is 9.59 Å². The molecule has 0 aliphatic carbocycles. The molecular formula is C24H20N2O2S. The van der Waals surface area contributed by atoms with E-state index >= 15 is 0 Å². The number of thioether (sulfide) groups is 1. The van der Waals surface area contributed by atoms with Crippen LogP contribution in [0.4, 0.5) is 5.69 Å². The second-order valence-electron chi connectivity index (χ2n) is 6.79. The van der Waals surface area contributed by atoms with Crippen LogP contribution in [-0.2, 0) is 4.79 Å². The maximum Gasteiger partial charge on any atom is 0.262 e. The van der Waals surface area contributed by atoms with Crippen LogP contribution < -0.4 is 10.6 Å². The molecule has 0 bridgehead atoms. The number of para-hydroxylation sites is 1. The lowest BCUT2D eigenvalue weighted by Gasteiger charge is -2.18. The summed E-state index contributed by atoms with van der Waals surface area (Å²) in [6, 6.07) is 24.7. The minimum atomic E-state index is -0.126. The van der Waals surface area contributed by atoms with Crippen LogP contribution in [0.2, 0.25) is 0 Å². The largest absolute Gasteiger partial charge is 0.346 e. The molecule has 0 saturated carbocycles. The number of anilines is 1. The van der Waals surface area contributed by atoms with Crippen molar-refractivity contribution in [2.45, 2.75) is 17.9 Å². The van der Waals surface area contributed by atoms with Crippen LogP contribution in [0.3, 0.4) is 0 Å². The first-order chi connectivity index (χ1) is 14.1. The predicted molar refractivity (Wildman–Crippen MR) is 118 cm³/mol. The molecule has 1 aliphatic rings. The highest BCUT2D eigenvalue weighted by atomic mass is 32.2. The van der Waals surface area contributed by atoms with Crippen LogP contribution in [0, 0.1) is 0 Å². The van der Waals surface area contributed by atoms with Gasteiger partial charge in [-0.05, 0) is 48.4 Å². The molecule has 2 N–H and O–H groups in total. The van der Waals surface area contributed by atoms with E-state index < -0.39 is 0 Å². The maximum absolute atomic E-state index is 12.5. The summed E-state index contributed by atoms with van der Waals surface area (Å²) in [6.45, 7) is 1.96. The van der Waals surface area contributed by atoms with Gasteiger partial charge in [-0.3, -0.25) is 9.59 Å². The Morgan fingerprint density at radius 2 is 1.66 bits per heavy atom. The van der Waals surface area contributed by atoms with Crippen LogP contribution in [0.15, 0.2) is 88.7 Å². The molecule has 0 spiro atoms. The Hall–Kier alpha value is -3.31. The average molecular weight is 401 g/mol. The van der Waals surface area contributed by atoms with Gasteiger partial charge in [-0.2, -0.15) is 0 Å². The van der Waals surface area contributed by atoms with Crippen molar-refractivity contribution in [2.75, 3.05) is 5.32 Å². The highest BCUT2D eigenvalue weighted by Crippen LogP contribution is 2.38. The first-order valence-corrected chi connectivity index (χ1v) is 10.2. The van der Waals surface area contributed by atoms with Crippen LogP contribution in [0.25, 0.3) is 6.08 Å². The van der Waals surface area contributed by atoms with Gasteiger partial charge in [-0.25, -0.2) is 0 Å². The van der Waals surface area contributed by atoms with Crippen molar-refractivity contribution >= 4 is 35.3 Å². The smallest absolute Gasteiger partial charge is 0.262 e. The number of nitrogens with one attached hydrogen (secondary N) is 2. The summed E-state index contributed by atoms with van der Waals surface area (Å²) in [5.41, 5.74) is 3.35. The third-order valence-electron chi connectivity index (χ3n) is 4.70. The molecule has 0 radical (unpaired) electrons. The van der Waals surface area contributed by atoms with Gasteiger partial charge in [0.15, 0.2) is 0 Å². The van der Waals surface area contributed by atoms with Crippen LogP contribution >= 0.6 is 11.8 Å². The molecular weight excluding hydrogens is 380 g/mol. The molecule has 3 aromatic rings. The normalized spacial score (nSPS) is 15.3. The summed E-state index contributed by atoms with van der Waals surface area (Å²) in [5.74, 6) is -0.244. The first kappa shape index (κ1) is 19.0. The number of hydrogen-bond donors (Lipinski definition) is 2. The molecule has 3 aromatic carbocycles. The Bertz CT molecular complexity index is 1080. The topological polar surface area (TPSA) is 58.2 Å². The Morgan fingerprint density at radius 1 is 0.966 bits per heavy atom. The summed E-state index contributed by atoms with van der Waals surface area (Å²) in [4.78, 5) is 26.5. The van der Waals surface area contributed by atoms with E-state index in [-0.39, 0.29) is 17.9 Å². The van der Waals surface area contributed by atoms with E-state index in [1.54, 1.807) is 12.1 Å². The second kappa shape index (κ2) is 8.37. The SMILES string of the molecule is C[C@@H](NC(=O)c1ccc(/C=C2/Sc3ccccc3NC2=O)cc1)c1ccccc1. The molecule has 144 valence electrons. The average Bonchev–Trinajstić information content (AvgIpc) is 2.75. The number of hydrogen-bond acceptors (Lipinski definition) is 3. The molecule has 2 amide bonds. The van der Waals surface area contributed by atoms with Gasteiger partial charge < -0.3 is 10.6 Å². The molecule has 1 heterocycles. The fourth-order valence-electron chi connectivity index (χ4n) is 3.09. The number of carbonyl (C=O) groups excluding carboxylic acids is 2. The minimum Gasteiger partial charge on any atom is -0.346 e. The lowest BCUT2D eigenvalue weighted by Crippen LogP contribution is -2.26. The van der Waals surface area contributed by atoms with E-state index in [1.165, 1.54) is 11.8 Å². The molecule has 0 saturated heterocycles. The Kier molecular flexibility index (Phi) is 5.49. The van der Waals surface area contributed by atoms with Crippen molar-refractivity contribution in [1.82, 2.24) is 5.32 Å². The molecule has 5 heteroatoms. The zero-order chi connectivity index (χ0) is 20.2. The van der Waals surface area contributed by atoms with Crippen molar-refractivity contribution in [3.8, 4) is 0 Å². The highest BCUT2D eigenvalue weighted by Gasteiger charge is 2.20. The number of fused-ring (bicyclic) bond motifs is 1. The fourth-order valence-corrected chi connectivity index (χ4v) is 4.04. The number of benzene rings is 3. The van der Waals surface area contributed by atoms with Gasteiger partial charge >= 0.3 is 0 Å². The maximum atomic E-state index is 12.5. The van der Waals surface area contributed by atoms with Gasteiger partial charge in [0.2, 0.25) is 0 Å². The van der Waals surface area contributed by atoms with E-state index in [9.17, 15) is 9.59 Å². The molecule has 29 heavy (non-hydrogen) atoms. The van der Waals surface area contributed by atoms with Crippen molar-refractivity contribution in [2.24, 2.45) is 0 Å². The van der Waals surface area contributed by atoms with E-state index in [0.717, 1.165) is 21.7 Å². The Balaban J connectivity index is 1.46. The lowest BCUT2D eigenvalue weighted by atomic mass is 10.1. The van der Waals surface area contributed by atoms with Crippen LogP contribution in [0.1, 0.15) is 34.5 Å². The minimum absolute atomic E-state index is 0.0760. The third kappa shape index (κ3) is 4.41. The van der Waals surface area contributed by atoms with Gasteiger partial charge in [-0.15, -0.1) is 0 Å². The van der Waals surface area contributed by atoms with Crippen LogP contribution in [-0.4, -0.2) is 11.8 Å². The van der Waals surface area contributed by atoms with Crippen molar-refractivity contribution in [3.63, 3.8) is 0 Å². The van der Waals surface area contributed by atoms with Gasteiger partial charge in [0.05, 0.1) is 16.6 Å². The first-order valence-electron chi connectivity index (χ1n) is 9.36. The quantitative estimate of drug-likeness (QED) is 0.587. The highest BCUT2D eigenvalue weighted by molar-refractivity contribution is 8.04. The van der Waals surface area contributed by atoms with E-state index in [0.29, 0.717) is 10.5 Å². The zero-order valence-electron chi connectivity index (χ0n) is 15.9. The third-order valence-corrected chi connectivity index (χ3v) is 5.80. The van der Waals surface area contributed by atoms with Gasteiger partial charge in [0.25, 0.3) is 11.8 Å². The summed E-state index contributed by atoms with van der Waals surface area (Å²) in [5, 5.41) is 5.91. The molecule has 1 atom stereocenters. The van der Waals surface area contributed by atoms with Crippen LogP contribution in [0.5, 0.6) is 0 Å². The Morgan fingerprint density at radius 3 is 2.41 bits per heavy atom. The van der Waals surface area contributed by atoms with Gasteiger partial charge in [-0.1, -0.05) is 66.4 Å². The molecule has 4 nitrogen and oxygen atoms in total. The monoisotopic (exact) mass is 400 g/mol. The predicted octanol–water partition coefficient (Wildman–Crippen LogP) is 5.26. The summed E-state index contributed by atoms with van der Waals surface area (Å²) in [7, 11) is 0. The van der Waals surface area contributed by atoms with E-state index in [4.69, 9.17) is 0 Å². The van der Waals surface area contributed by atoms with Gasteiger partial charge in [0, 0.05) is 10.5 Å². The standard InChI is InChI=1S/C24H20N2O2S/c1-16(18-7-3-2-4-8-18)25-23(27)19-13-11-17(12-14-19)15-22-24(28)26-20-9-5-6-10-21(20)29-22/h2-16H,1H3,(H,25,27)(H,26,28)/b22-15+/t16-/m1/s1. The molecule has 0 aromatic heterocycles. The number of amides is 2. The second-order valence-corrected chi connectivity index (χ2v) is 7.87. The van der Waals surface area contributed by atoms with E-state index in [2.05, 4.69) is 10.6 Å². The van der Waals surface area contributed by atoms with E-state index in [1.807, 2.05) is 79.7 Å². The zero-order valence-corrected chi connectivity index (χ0v) is 16.7. The summed E-state index contributed by atoms with van der Waals surface area (Å²) >= 11 is 1.45. The summed E-state index contributed by atoms with van der Waals surface area (Å²) < 4.78 is 0. The fraction of sp³-hybridized carbons (Fsp3) is 0.0833. The van der Waals surface area contributed by atoms with Crippen molar-refractivity contribution in [1.29, 1.82) is 0 Å². The molecule has 0 fully saturated rings.